The molecule has 21 heavy (non-hydrogen) atoms. The maximum atomic E-state index is 5.64. The van der Waals surface area contributed by atoms with E-state index in [2.05, 4.69) is 33.1 Å². The molecule has 0 radical (unpaired) electrons. The highest BCUT2D eigenvalue weighted by molar-refractivity contribution is 5.07. The fraction of sp³-hybridized carbons (Fsp3) is 0.750. The van der Waals surface area contributed by atoms with E-state index in [1.807, 2.05) is 0 Å². The Morgan fingerprint density at radius 3 is 2.90 bits per heavy atom. The second-order valence-electron chi connectivity index (χ2n) is 5.91. The standard InChI is InChI=1S/C16H27N3O2/c1-3-15(13-17-14-16-4-2-10-21-16)19(5-1)7-6-18-8-11-20-12-9-18/h1,3,5,16-17H,2,4,6-14H2. The summed E-state index contributed by atoms with van der Waals surface area (Å²) in [6.45, 7) is 8.87. The van der Waals surface area contributed by atoms with Gasteiger partial charge in [0.15, 0.2) is 0 Å². The molecule has 2 aliphatic rings. The molecule has 0 bridgehead atoms. The van der Waals surface area contributed by atoms with Gasteiger partial charge in [-0.05, 0) is 25.0 Å². The van der Waals surface area contributed by atoms with Crippen molar-refractivity contribution in [2.45, 2.75) is 32.0 Å². The van der Waals surface area contributed by atoms with Crippen LogP contribution in [0.3, 0.4) is 0 Å². The van der Waals surface area contributed by atoms with Crippen molar-refractivity contribution < 1.29 is 9.47 Å². The highest BCUT2D eigenvalue weighted by Crippen LogP contribution is 2.11. The maximum Gasteiger partial charge on any atom is 0.0700 e. The molecule has 0 aromatic carbocycles. The predicted molar refractivity (Wildman–Crippen MR) is 82.4 cm³/mol. The van der Waals surface area contributed by atoms with Crippen molar-refractivity contribution in [3.63, 3.8) is 0 Å². The smallest absolute Gasteiger partial charge is 0.0700 e. The zero-order chi connectivity index (χ0) is 14.3. The predicted octanol–water partition coefficient (Wildman–Crippen LogP) is 1.09. The summed E-state index contributed by atoms with van der Waals surface area (Å²) in [6.07, 6.45) is 5.01. The van der Waals surface area contributed by atoms with Crippen LogP contribution in [0, 0.1) is 0 Å². The van der Waals surface area contributed by atoms with Crippen LogP contribution in [0.2, 0.25) is 0 Å². The van der Waals surface area contributed by atoms with E-state index < -0.39 is 0 Å². The van der Waals surface area contributed by atoms with Crippen molar-refractivity contribution >= 4 is 0 Å². The Bertz CT molecular complexity index is 409. The summed E-state index contributed by atoms with van der Waals surface area (Å²) in [4.78, 5) is 2.48. The third-order valence-corrected chi connectivity index (χ3v) is 4.39. The van der Waals surface area contributed by atoms with Crippen molar-refractivity contribution in [3.8, 4) is 0 Å². The van der Waals surface area contributed by atoms with Crippen molar-refractivity contribution in [3.05, 3.63) is 24.0 Å². The topological polar surface area (TPSA) is 38.7 Å². The molecule has 0 spiro atoms. The quantitative estimate of drug-likeness (QED) is 0.817. The average Bonchev–Trinajstić information content (AvgIpc) is 3.18. The number of nitrogens with one attached hydrogen (secondary N) is 1. The first kappa shape index (κ1) is 15.0. The molecule has 2 aliphatic heterocycles. The summed E-state index contributed by atoms with van der Waals surface area (Å²) >= 11 is 0. The number of hydrogen-bond donors (Lipinski definition) is 1. The lowest BCUT2D eigenvalue weighted by molar-refractivity contribution is 0.0363. The van der Waals surface area contributed by atoms with Gasteiger partial charge in [-0.25, -0.2) is 0 Å². The molecule has 5 nitrogen and oxygen atoms in total. The average molecular weight is 293 g/mol. The van der Waals surface area contributed by atoms with Crippen LogP contribution in [0.1, 0.15) is 18.5 Å². The first-order valence-corrected chi connectivity index (χ1v) is 8.18. The lowest BCUT2D eigenvalue weighted by atomic mass is 10.2. The number of hydrogen-bond acceptors (Lipinski definition) is 4. The second-order valence-corrected chi connectivity index (χ2v) is 5.91. The summed E-state index contributed by atoms with van der Waals surface area (Å²) in [7, 11) is 0. The molecule has 0 aliphatic carbocycles. The summed E-state index contributed by atoms with van der Waals surface area (Å²) < 4.78 is 13.4. The lowest BCUT2D eigenvalue weighted by Crippen LogP contribution is -2.38. The van der Waals surface area contributed by atoms with E-state index in [0.717, 1.165) is 59.1 Å². The number of morpholine rings is 1. The molecule has 2 saturated heterocycles. The van der Waals surface area contributed by atoms with E-state index in [1.165, 1.54) is 18.5 Å². The van der Waals surface area contributed by atoms with Gasteiger partial charge in [0.2, 0.25) is 0 Å². The van der Waals surface area contributed by atoms with Crippen LogP contribution in [-0.4, -0.2) is 61.6 Å². The first-order chi connectivity index (χ1) is 10.4. The van der Waals surface area contributed by atoms with E-state index in [4.69, 9.17) is 9.47 Å². The minimum Gasteiger partial charge on any atom is -0.379 e. The molecular weight excluding hydrogens is 266 g/mol. The maximum absolute atomic E-state index is 5.64. The second kappa shape index (κ2) is 7.94. The van der Waals surface area contributed by atoms with E-state index in [-0.39, 0.29) is 0 Å². The summed E-state index contributed by atoms with van der Waals surface area (Å²) in [5, 5.41) is 3.53. The number of aromatic nitrogens is 1. The van der Waals surface area contributed by atoms with Gasteiger partial charge in [-0.3, -0.25) is 4.90 Å². The fourth-order valence-corrected chi connectivity index (χ4v) is 3.07. The summed E-state index contributed by atoms with van der Waals surface area (Å²) in [5.74, 6) is 0. The molecule has 5 heteroatoms. The van der Waals surface area contributed by atoms with E-state index in [9.17, 15) is 0 Å². The van der Waals surface area contributed by atoms with Crippen LogP contribution in [0.25, 0.3) is 0 Å². The fourth-order valence-electron chi connectivity index (χ4n) is 3.07. The summed E-state index contributed by atoms with van der Waals surface area (Å²) in [5.41, 5.74) is 1.36. The van der Waals surface area contributed by atoms with Crippen LogP contribution in [-0.2, 0) is 22.6 Å². The van der Waals surface area contributed by atoms with Gasteiger partial charge in [0.05, 0.1) is 19.3 Å². The highest BCUT2D eigenvalue weighted by Gasteiger charge is 2.15. The van der Waals surface area contributed by atoms with Crippen LogP contribution in [0.5, 0.6) is 0 Å². The Morgan fingerprint density at radius 1 is 1.19 bits per heavy atom. The lowest BCUT2D eigenvalue weighted by Gasteiger charge is -2.27. The normalized spacial score (nSPS) is 23.7. The van der Waals surface area contributed by atoms with Crippen LogP contribution < -0.4 is 5.32 Å². The zero-order valence-electron chi connectivity index (χ0n) is 12.8. The van der Waals surface area contributed by atoms with Gasteiger partial charge in [-0.15, -0.1) is 0 Å². The molecule has 1 unspecified atom stereocenters. The largest absolute Gasteiger partial charge is 0.379 e. The molecule has 3 rings (SSSR count). The molecule has 2 fully saturated rings. The Morgan fingerprint density at radius 2 is 2.10 bits per heavy atom. The van der Waals surface area contributed by atoms with Gasteiger partial charge in [-0.2, -0.15) is 0 Å². The van der Waals surface area contributed by atoms with Crippen LogP contribution >= 0.6 is 0 Å². The molecule has 1 aromatic rings. The minimum atomic E-state index is 0.418. The van der Waals surface area contributed by atoms with Gasteiger partial charge < -0.3 is 19.4 Å². The number of ether oxygens (including phenoxy) is 2. The molecular formula is C16H27N3O2. The Labute approximate surface area is 127 Å². The van der Waals surface area contributed by atoms with Crippen molar-refractivity contribution in [1.82, 2.24) is 14.8 Å². The zero-order valence-corrected chi connectivity index (χ0v) is 12.8. The highest BCUT2D eigenvalue weighted by atomic mass is 16.5. The molecule has 3 heterocycles. The van der Waals surface area contributed by atoms with Crippen molar-refractivity contribution in [2.75, 3.05) is 46.0 Å². The molecule has 0 saturated carbocycles. The van der Waals surface area contributed by atoms with Crippen LogP contribution in [0.4, 0.5) is 0 Å². The van der Waals surface area contributed by atoms with E-state index in [0.29, 0.717) is 6.10 Å². The number of nitrogens with zero attached hydrogens (tertiary/aromatic N) is 2. The van der Waals surface area contributed by atoms with Crippen molar-refractivity contribution in [1.29, 1.82) is 0 Å². The number of rotatable bonds is 7. The SMILES string of the molecule is c1cc(CNCC2CCCO2)n(CCN2CCOCC2)c1. The minimum absolute atomic E-state index is 0.418. The monoisotopic (exact) mass is 293 g/mol. The molecule has 1 atom stereocenters. The van der Waals surface area contributed by atoms with Gasteiger partial charge in [-0.1, -0.05) is 0 Å². The summed E-state index contributed by atoms with van der Waals surface area (Å²) in [6, 6.07) is 4.35. The Kier molecular flexibility index (Phi) is 5.68. The third-order valence-electron chi connectivity index (χ3n) is 4.39. The van der Waals surface area contributed by atoms with E-state index >= 15 is 0 Å². The molecule has 1 N–H and O–H groups in total. The molecule has 0 amide bonds. The van der Waals surface area contributed by atoms with Crippen LogP contribution in [0.15, 0.2) is 18.3 Å². The van der Waals surface area contributed by atoms with E-state index in [1.54, 1.807) is 0 Å². The molecule has 118 valence electrons. The van der Waals surface area contributed by atoms with Gasteiger partial charge in [0.25, 0.3) is 0 Å². The van der Waals surface area contributed by atoms with Gasteiger partial charge >= 0.3 is 0 Å². The molecule has 1 aromatic heterocycles. The van der Waals surface area contributed by atoms with Crippen molar-refractivity contribution in [2.24, 2.45) is 0 Å². The van der Waals surface area contributed by atoms with Gasteiger partial charge in [0.1, 0.15) is 0 Å². The van der Waals surface area contributed by atoms with Gasteiger partial charge in [0, 0.05) is 57.8 Å². The first-order valence-electron chi connectivity index (χ1n) is 8.18. The Hall–Kier alpha value is -0.880. The Balaban J connectivity index is 1.40. The third kappa shape index (κ3) is 4.54.